The molecule has 142 valence electrons. The number of nitrogens with one attached hydrogen (secondary N) is 1. The van der Waals surface area contributed by atoms with Crippen LogP contribution in [0.5, 0.6) is 5.75 Å². The van der Waals surface area contributed by atoms with Crippen LogP contribution in [0, 0.1) is 0 Å². The fourth-order valence-electron chi connectivity index (χ4n) is 3.38. The van der Waals surface area contributed by atoms with Gasteiger partial charge in [-0.2, -0.15) is 0 Å². The van der Waals surface area contributed by atoms with Gasteiger partial charge in [0.2, 0.25) is 5.91 Å². The second kappa shape index (κ2) is 7.35. The van der Waals surface area contributed by atoms with Gasteiger partial charge in [0.1, 0.15) is 17.4 Å². The molecule has 1 N–H and O–H groups in total. The Balaban J connectivity index is 1.71. The first-order valence-corrected chi connectivity index (χ1v) is 9.35. The largest absolute Gasteiger partial charge is 0.492 e. The molecule has 0 aromatic heterocycles. The summed E-state index contributed by atoms with van der Waals surface area (Å²) in [6.07, 6.45) is 1.65. The minimum absolute atomic E-state index is 0.161. The molecule has 0 spiro atoms. The highest BCUT2D eigenvalue weighted by Crippen LogP contribution is 2.37. The number of hydrogen-bond donors (Lipinski definition) is 1. The van der Waals surface area contributed by atoms with E-state index in [1.54, 1.807) is 6.07 Å². The topological polar surface area (TPSA) is 67.9 Å². The summed E-state index contributed by atoms with van der Waals surface area (Å²) in [5.74, 6) is 0.465. The zero-order valence-corrected chi connectivity index (χ0v) is 16.1. The highest BCUT2D eigenvalue weighted by Gasteiger charge is 2.38. The third-order valence-corrected chi connectivity index (χ3v) is 4.82. The lowest BCUT2D eigenvalue weighted by atomic mass is 10.00. The first-order chi connectivity index (χ1) is 12.3. The molecule has 0 saturated carbocycles. The van der Waals surface area contributed by atoms with Gasteiger partial charge in [0.05, 0.1) is 17.7 Å². The van der Waals surface area contributed by atoms with Crippen molar-refractivity contribution in [1.82, 2.24) is 10.2 Å². The fourth-order valence-corrected chi connectivity index (χ4v) is 3.62. The molecular weight excluding hydrogens is 356 g/mol. The molecule has 2 heterocycles. The number of fused-ring (bicyclic) bond motifs is 1. The molecular formula is C19H25ClN2O4. The van der Waals surface area contributed by atoms with Crippen LogP contribution in [0.3, 0.4) is 0 Å². The molecule has 2 unspecified atom stereocenters. The molecule has 2 amide bonds. The summed E-state index contributed by atoms with van der Waals surface area (Å²) < 4.78 is 11.1. The second-order valence-electron chi connectivity index (χ2n) is 7.69. The van der Waals surface area contributed by atoms with Crippen LogP contribution >= 0.6 is 11.6 Å². The minimum atomic E-state index is -0.586. The standard InChI is InChI=1S/C19H25ClN2O4/c1-19(2,3)26-18(24)22-10-5-8-15(22)17(23)21-14-9-11-25-16-12(14)6-4-7-13(16)20/h4,6-7,14-15H,5,8-11H2,1-3H3,(H,21,23). The number of rotatable bonds is 2. The predicted molar refractivity (Wildman–Crippen MR) is 98.4 cm³/mol. The van der Waals surface area contributed by atoms with Crippen molar-refractivity contribution in [2.75, 3.05) is 13.2 Å². The molecule has 26 heavy (non-hydrogen) atoms. The van der Waals surface area contributed by atoms with Crippen molar-refractivity contribution in [3.05, 3.63) is 28.8 Å². The molecule has 2 aliphatic rings. The quantitative estimate of drug-likeness (QED) is 0.849. The number of ether oxygens (including phenoxy) is 2. The molecule has 0 aliphatic carbocycles. The molecule has 0 radical (unpaired) electrons. The van der Waals surface area contributed by atoms with Crippen molar-refractivity contribution < 1.29 is 19.1 Å². The predicted octanol–water partition coefficient (Wildman–Crippen LogP) is 3.68. The normalized spacial score (nSPS) is 22.4. The van der Waals surface area contributed by atoms with Crippen molar-refractivity contribution in [2.45, 2.75) is 57.7 Å². The van der Waals surface area contributed by atoms with Gasteiger partial charge in [-0.15, -0.1) is 0 Å². The van der Waals surface area contributed by atoms with Gasteiger partial charge in [-0.25, -0.2) is 4.79 Å². The van der Waals surface area contributed by atoms with Crippen LogP contribution in [0.2, 0.25) is 5.02 Å². The van der Waals surface area contributed by atoms with E-state index in [2.05, 4.69) is 5.32 Å². The van der Waals surface area contributed by atoms with Crippen molar-refractivity contribution in [2.24, 2.45) is 0 Å². The van der Waals surface area contributed by atoms with E-state index in [1.807, 2.05) is 32.9 Å². The van der Waals surface area contributed by atoms with Gasteiger partial charge in [-0.3, -0.25) is 9.69 Å². The van der Waals surface area contributed by atoms with Crippen LogP contribution in [0.15, 0.2) is 18.2 Å². The van der Waals surface area contributed by atoms with Crippen LogP contribution in [0.4, 0.5) is 4.79 Å². The first kappa shape index (κ1) is 18.8. The van der Waals surface area contributed by atoms with Gasteiger partial charge >= 0.3 is 6.09 Å². The number of nitrogens with zero attached hydrogens (tertiary/aromatic N) is 1. The van der Waals surface area contributed by atoms with Crippen LogP contribution < -0.4 is 10.1 Å². The summed E-state index contributed by atoms with van der Waals surface area (Å²) in [5.41, 5.74) is 0.288. The number of amides is 2. The average Bonchev–Trinajstić information content (AvgIpc) is 3.04. The zero-order chi connectivity index (χ0) is 18.9. The lowest BCUT2D eigenvalue weighted by Gasteiger charge is -2.31. The third kappa shape index (κ3) is 4.06. The van der Waals surface area contributed by atoms with Gasteiger partial charge in [0.15, 0.2) is 0 Å². The summed E-state index contributed by atoms with van der Waals surface area (Å²) in [6, 6.07) is 4.84. The van der Waals surface area contributed by atoms with E-state index < -0.39 is 17.7 Å². The van der Waals surface area contributed by atoms with Gasteiger partial charge in [0.25, 0.3) is 0 Å². The molecule has 1 saturated heterocycles. The summed E-state index contributed by atoms with van der Waals surface area (Å²) in [6.45, 7) is 6.47. The Kier molecular flexibility index (Phi) is 5.32. The van der Waals surface area contributed by atoms with Crippen molar-refractivity contribution in [3.63, 3.8) is 0 Å². The number of halogens is 1. The maximum Gasteiger partial charge on any atom is 0.410 e. The van der Waals surface area contributed by atoms with Crippen molar-refractivity contribution in [3.8, 4) is 5.75 Å². The molecule has 1 fully saturated rings. The van der Waals surface area contributed by atoms with E-state index >= 15 is 0 Å². The molecule has 7 heteroatoms. The van der Waals surface area contributed by atoms with Gasteiger partial charge in [-0.05, 0) is 39.7 Å². The van der Waals surface area contributed by atoms with E-state index in [9.17, 15) is 9.59 Å². The monoisotopic (exact) mass is 380 g/mol. The summed E-state index contributed by atoms with van der Waals surface area (Å²) >= 11 is 6.19. The van der Waals surface area contributed by atoms with E-state index in [1.165, 1.54) is 4.90 Å². The number of hydrogen-bond acceptors (Lipinski definition) is 4. The second-order valence-corrected chi connectivity index (χ2v) is 8.10. The Bertz CT molecular complexity index is 701. The molecule has 0 bridgehead atoms. The Labute approximate surface area is 158 Å². The number of likely N-dealkylation sites (tertiary alicyclic amines) is 1. The summed E-state index contributed by atoms with van der Waals surface area (Å²) in [5, 5.41) is 3.60. The average molecular weight is 381 g/mol. The fraction of sp³-hybridized carbons (Fsp3) is 0.579. The van der Waals surface area contributed by atoms with Crippen LogP contribution in [0.25, 0.3) is 0 Å². The van der Waals surface area contributed by atoms with Crippen LogP contribution in [-0.4, -0.2) is 41.7 Å². The van der Waals surface area contributed by atoms with Crippen LogP contribution in [0.1, 0.15) is 51.6 Å². The minimum Gasteiger partial charge on any atom is -0.492 e. The Morgan fingerprint density at radius 2 is 2.08 bits per heavy atom. The number of para-hydroxylation sites is 1. The molecule has 1 aromatic carbocycles. The lowest BCUT2D eigenvalue weighted by Crippen LogP contribution is -2.48. The number of carbonyl (C=O) groups excluding carboxylic acids is 2. The van der Waals surface area contributed by atoms with Gasteiger partial charge < -0.3 is 14.8 Å². The highest BCUT2D eigenvalue weighted by atomic mass is 35.5. The van der Waals surface area contributed by atoms with E-state index in [-0.39, 0.29) is 11.9 Å². The van der Waals surface area contributed by atoms with Crippen molar-refractivity contribution >= 4 is 23.6 Å². The van der Waals surface area contributed by atoms with E-state index in [0.29, 0.717) is 36.8 Å². The molecule has 6 nitrogen and oxygen atoms in total. The summed E-state index contributed by atoms with van der Waals surface area (Å²) in [7, 11) is 0. The smallest absolute Gasteiger partial charge is 0.410 e. The third-order valence-electron chi connectivity index (χ3n) is 4.53. The summed E-state index contributed by atoms with van der Waals surface area (Å²) in [4.78, 5) is 26.8. The lowest BCUT2D eigenvalue weighted by molar-refractivity contribution is -0.126. The first-order valence-electron chi connectivity index (χ1n) is 8.97. The van der Waals surface area contributed by atoms with E-state index in [4.69, 9.17) is 21.1 Å². The Hall–Kier alpha value is -1.95. The van der Waals surface area contributed by atoms with Crippen LogP contribution in [-0.2, 0) is 9.53 Å². The number of benzene rings is 1. The van der Waals surface area contributed by atoms with Crippen molar-refractivity contribution in [1.29, 1.82) is 0 Å². The van der Waals surface area contributed by atoms with Gasteiger partial charge in [0, 0.05) is 18.5 Å². The zero-order valence-electron chi connectivity index (χ0n) is 15.4. The van der Waals surface area contributed by atoms with E-state index in [0.717, 1.165) is 12.0 Å². The molecule has 3 rings (SSSR count). The Morgan fingerprint density at radius 3 is 2.81 bits per heavy atom. The molecule has 2 atom stereocenters. The maximum atomic E-state index is 12.9. The maximum absolute atomic E-state index is 12.9. The van der Waals surface area contributed by atoms with Gasteiger partial charge in [-0.1, -0.05) is 23.7 Å². The number of carbonyl (C=O) groups is 2. The SMILES string of the molecule is CC(C)(C)OC(=O)N1CCCC1C(=O)NC1CCOc2c(Cl)cccc21. The highest BCUT2D eigenvalue weighted by molar-refractivity contribution is 6.32. The molecule has 1 aromatic rings. The molecule has 2 aliphatic heterocycles. The Morgan fingerprint density at radius 1 is 1.31 bits per heavy atom.